The molecular weight excluding hydrogens is 288 g/mol. The van der Waals surface area contributed by atoms with E-state index in [2.05, 4.69) is 15.3 Å². The molecule has 1 fully saturated rings. The number of nitrogens with one attached hydrogen (secondary N) is 1. The molecule has 1 amide bonds. The molecule has 3 rings (SSSR count). The topological polar surface area (TPSA) is 58.1 Å². The minimum atomic E-state index is 0.0285. The van der Waals surface area contributed by atoms with Crippen LogP contribution in [-0.2, 0) is 0 Å². The van der Waals surface area contributed by atoms with Crippen molar-refractivity contribution in [1.29, 1.82) is 0 Å². The molecule has 3 heterocycles. The smallest absolute Gasteiger partial charge is 0.272 e. The molecule has 5 heteroatoms. The van der Waals surface area contributed by atoms with Gasteiger partial charge in [0.05, 0.1) is 0 Å². The van der Waals surface area contributed by atoms with E-state index in [1.807, 2.05) is 49.1 Å². The SMILES string of the molecule is Cc1cccc(NC2CCN(C(=O)c3cccc(C)n3)CC2)n1. The van der Waals surface area contributed by atoms with Crippen LogP contribution in [0.1, 0.15) is 34.7 Å². The fourth-order valence-electron chi connectivity index (χ4n) is 2.88. The Morgan fingerprint density at radius 1 is 1.04 bits per heavy atom. The first-order valence-corrected chi connectivity index (χ1v) is 8.05. The van der Waals surface area contributed by atoms with Gasteiger partial charge in [0.1, 0.15) is 11.5 Å². The van der Waals surface area contributed by atoms with E-state index in [0.29, 0.717) is 11.7 Å². The fraction of sp³-hybridized carbons (Fsp3) is 0.389. The molecule has 0 atom stereocenters. The molecule has 0 radical (unpaired) electrons. The summed E-state index contributed by atoms with van der Waals surface area (Å²) in [5.74, 6) is 0.941. The largest absolute Gasteiger partial charge is 0.367 e. The molecule has 0 saturated carbocycles. The molecule has 2 aromatic heterocycles. The zero-order valence-corrected chi connectivity index (χ0v) is 13.6. The Kier molecular flexibility index (Phi) is 4.55. The van der Waals surface area contributed by atoms with Crippen molar-refractivity contribution >= 4 is 11.7 Å². The summed E-state index contributed by atoms with van der Waals surface area (Å²) in [7, 11) is 0. The van der Waals surface area contributed by atoms with E-state index in [1.165, 1.54) is 0 Å². The number of piperidine rings is 1. The Labute approximate surface area is 136 Å². The van der Waals surface area contributed by atoms with Crippen molar-refractivity contribution in [2.45, 2.75) is 32.7 Å². The Bertz CT molecular complexity index is 693. The molecule has 1 aliphatic rings. The molecule has 0 spiro atoms. The van der Waals surface area contributed by atoms with Crippen LogP contribution in [0.25, 0.3) is 0 Å². The van der Waals surface area contributed by atoms with Crippen molar-refractivity contribution in [3.63, 3.8) is 0 Å². The van der Waals surface area contributed by atoms with E-state index >= 15 is 0 Å². The van der Waals surface area contributed by atoms with E-state index in [9.17, 15) is 4.79 Å². The summed E-state index contributed by atoms with van der Waals surface area (Å²) < 4.78 is 0. The van der Waals surface area contributed by atoms with E-state index < -0.39 is 0 Å². The van der Waals surface area contributed by atoms with Gasteiger partial charge in [0.2, 0.25) is 0 Å². The van der Waals surface area contributed by atoms with Gasteiger partial charge in [-0.1, -0.05) is 12.1 Å². The minimum absolute atomic E-state index is 0.0285. The molecule has 2 aromatic rings. The van der Waals surface area contributed by atoms with E-state index in [-0.39, 0.29) is 5.91 Å². The first-order valence-electron chi connectivity index (χ1n) is 8.05. The summed E-state index contributed by atoms with van der Waals surface area (Å²) in [6.07, 6.45) is 1.85. The number of nitrogens with zero attached hydrogens (tertiary/aromatic N) is 3. The molecule has 1 saturated heterocycles. The average molecular weight is 310 g/mol. The van der Waals surface area contributed by atoms with Crippen LogP contribution in [0, 0.1) is 13.8 Å². The van der Waals surface area contributed by atoms with E-state index in [0.717, 1.165) is 43.1 Å². The predicted octanol–water partition coefficient (Wildman–Crippen LogP) is 2.81. The highest BCUT2D eigenvalue weighted by molar-refractivity contribution is 5.92. The van der Waals surface area contributed by atoms with Gasteiger partial charge in [-0.3, -0.25) is 4.79 Å². The van der Waals surface area contributed by atoms with Gasteiger partial charge < -0.3 is 10.2 Å². The number of carbonyl (C=O) groups excluding carboxylic acids is 1. The van der Waals surface area contributed by atoms with Crippen LogP contribution in [0.5, 0.6) is 0 Å². The van der Waals surface area contributed by atoms with Gasteiger partial charge >= 0.3 is 0 Å². The van der Waals surface area contributed by atoms with Crippen LogP contribution >= 0.6 is 0 Å². The molecule has 0 aliphatic carbocycles. The lowest BCUT2D eigenvalue weighted by Crippen LogP contribution is -2.42. The van der Waals surface area contributed by atoms with Crippen LogP contribution in [0.2, 0.25) is 0 Å². The molecule has 1 N–H and O–H groups in total. The van der Waals surface area contributed by atoms with Gasteiger partial charge in [-0.25, -0.2) is 9.97 Å². The number of pyridine rings is 2. The number of likely N-dealkylation sites (tertiary alicyclic amines) is 1. The minimum Gasteiger partial charge on any atom is -0.367 e. The molecule has 1 aliphatic heterocycles. The third kappa shape index (κ3) is 3.86. The van der Waals surface area contributed by atoms with Gasteiger partial charge in [-0.2, -0.15) is 0 Å². The summed E-state index contributed by atoms with van der Waals surface area (Å²) >= 11 is 0. The Morgan fingerprint density at radius 2 is 1.70 bits per heavy atom. The van der Waals surface area contributed by atoms with E-state index in [4.69, 9.17) is 0 Å². The highest BCUT2D eigenvalue weighted by atomic mass is 16.2. The molecular formula is C18H22N4O. The van der Waals surface area contributed by atoms with Gasteiger partial charge in [0, 0.05) is 30.5 Å². The van der Waals surface area contributed by atoms with Crippen molar-refractivity contribution in [3.05, 3.63) is 53.5 Å². The second-order valence-corrected chi connectivity index (χ2v) is 6.04. The number of aromatic nitrogens is 2. The summed E-state index contributed by atoms with van der Waals surface area (Å²) in [6, 6.07) is 11.9. The van der Waals surface area contributed by atoms with Crippen LogP contribution in [0.15, 0.2) is 36.4 Å². The first-order chi connectivity index (χ1) is 11.1. The number of aryl methyl sites for hydroxylation is 2. The Morgan fingerprint density at radius 3 is 2.35 bits per heavy atom. The number of hydrogen-bond acceptors (Lipinski definition) is 4. The third-order valence-corrected chi connectivity index (χ3v) is 4.13. The maximum atomic E-state index is 12.5. The first kappa shape index (κ1) is 15.5. The van der Waals surface area contributed by atoms with Crippen LogP contribution < -0.4 is 5.32 Å². The lowest BCUT2D eigenvalue weighted by atomic mass is 10.0. The molecule has 0 aromatic carbocycles. The van der Waals surface area contributed by atoms with Crippen LogP contribution in [0.3, 0.4) is 0 Å². The summed E-state index contributed by atoms with van der Waals surface area (Å²) in [6.45, 7) is 5.39. The quantitative estimate of drug-likeness (QED) is 0.947. The number of hydrogen-bond donors (Lipinski definition) is 1. The van der Waals surface area contributed by atoms with Crippen molar-refractivity contribution in [3.8, 4) is 0 Å². The lowest BCUT2D eigenvalue weighted by molar-refractivity contribution is 0.0712. The standard InChI is InChI=1S/C18H22N4O/c1-13-5-3-7-16(19-13)18(23)22-11-9-15(10-12-22)21-17-8-4-6-14(2)20-17/h3-8,15H,9-12H2,1-2H3,(H,20,21). The number of amides is 1. The zero-order chi connectivity index (χ0) is 16.2. The second-order valence-electron chi connectivity index (χ2n) is 6.04. The average Bonchev–Trinajstić information content (AvgIpc) is 2.55. The van der Waals surface area contributed by atoms with Gasteiger partial charge in [0.15, 0.2) is 0 Å². The molecule has 0 unspecified atom stereocenters. The van der Waals surface area contributed by atoms with E-state index in [1.54, 1.807) is 6.07 Å². The maximum absolute atomic E-state index is 12.5. The fourth-order valence-corrected chi connectivity index (χ4v) is 2.88. The van der Waals surface area contributed by atoms with Crippen LogP contribution in [-0.4, -0.2) is 39.9 Å². The monoisotopic (exact) mass is 310 g/mol. The summed E-state index contributed by atoms with van der Waals surface area (Å²) in [5.41, 5.74) is 2.42. The Balaban J connectivity index is 1.57. The van der Waals surface area contributed by atoms with Gasteiger partial charge in [-0.15, -0.1) is 0 Å². The van der Waals surface area contributed by atoms with Crippen molar-refractivity contribution in [2.24, 2.45) is 0 Å². The summed E-state index contributed by atoms with van der Waals surface area (Å²) in [5, 5.41) is 3.47. The van der Waals surface area contributed by atoms with Crippen molar-refractivity contribution < 1.29 is 4.79 Å². The number of rotatable bonds is 3. The summed E-state index contributed by atoms with van der Waals surface area (Å²) in [4.78, 5) is 23.2. The maximum Gasteiger partial charge on any atom is 0.272 e. The predicted molar refractivity (Wildman–Crippen MR) is 90.5 cm³/mol. The molecule has 23 heavy (non-hydrogen) atoms. The van der Waals surface area contributed by atoms with Gasteiger partial charge in [-0.05, 0) is 51.0 Å². The van der Waals surface area contributed by atoms with Crippen LogP contribution in [0.4, 0.5) is 5.82 Å². The van der Waals surface area contributed by atoms with Gasteiger partial charge in [0.25, 0.3) is 5.91 Å². The lowest BCUT2D eigenvalue weighted by Gasteiger charge is -2.32. The third-order valence-electron chi connectivity index (χ3n) is 4.13. The zero-order valence-electron chi connectivity index (χ0n) is 13.6. The molecule has 0 bridgehead atoms. The second kappa shape index (κ2) is 6.77. The van der Waals surface area contributed by atoms with Crippen molar-refractivity contribution in [2.75, 3.05) is 18.4 Å². The van der Waals surface area contributed by atoms with Crippen molar-refractivity contribution in [1.82, 2.24) is 14.9 Å². The Hall–Kier alpha value is -2.43. The molecule has 120 valence electrons. The number of carbonyl (C=O) groups is 1. The highest BCUT2D eigenvalue weighted by Crippen LogP contribution is 2.17. The normalized spacial score (nSPS) is 15.5. The number of anilines is 1. The highest BCUT2D eigenvalue weighted by Gasteiger charge is 2.24. The molecule has 5 nitrogen and oxygen atoms in total.